The van der Waals surface area contributed by atoms with E-state index in [0.717, 1.165) is 48.2 Å². The molecule has 1 N–H and O–H groups in total. The fraction of sp³-hybridized carbons (Fsp3) is 0.267. The highest BCUT2D eigenvalue weighted by molar-refractivity contribution is 6.07. The maximum atomic E-state index is 13.8. The van der Waals surface area contributed by atoms with E-state index in [1.165, 1.54) is 12.0 Å². The zero-order valence-electron chi connectivity index (χ0n) is 19.7. The van der Waals surface area contributed by atoms with Crippen molar-refractivity contribution in [1.29, 1.82) is 0 Å². The van der Waals surface area contributed by atoms with Gasteiger partial charge in [0, 0.05) is 18.5 Å². The van der Waals surface area contributed by atoms with Gasteiger partial charge >= 0.3 is 0 Å². The van der Waals surface area contributed by atoms with Crippen molar-refractivity contribution < 1.29 is 4.79 Å². The van der Waals surface area contributed by atoms with Crippen molar-refractivity contribution in [2.24, 2.45) is 5.92 Å². The third kappa shape index (κ3) is 4.96. The molecule has 4 aromatic rings. The van der Waals surface area contributed by atoms with Crippen LogP contribution in [0.5, 0.6) is 0 Å². The highest BCUT2D eigenvalue weighted by atomic mass is 16.1. The molecule has 4 heteroatoms. The molecule has 34 heavy (non-hydrogen) atoms. The second-order valence-corrected chi connectivity index (χ2v) is 9.37. The van der Waals surface area contributed by atoms with Gasteiger partial charge in [-0.2, -0.15) is 0 Å². The zero-order chi connectivity index (χ0) is 23.3. The smallest absolute Gasteiger partial charge is 0.252 e. The molecular formula is C30H31N3O. The summed E-state index contributed by atoms with van der Waals surface area (Å²) in [6, 6.07) is 30.4. The van der Waals surface area contributed by atoms with Crippen LogP contribution < -0.4 is 10.2 Å². The highest BCUT2D eigenvalue weighted by Gasteiger charge is 2.22. The summed E-state index contributed by atoms with van der Waals surface area (Å²) in [5.41, 5.74) is 3.85. The van der Waals surface area contributed by atoms with Crippen molar-refractivity contribution in [2.45, 2.75) is 32.2 Å². The molecule has 1 aromatic heterocycles. The van der Waals surface area contributed by atoms with E-state index >= 15 is 0 Å². The summed E-state index contributed by atoms with van der Waals surface area (Å²) in [5, 5.41) is 4.23. The molecule has 2 atom stereocenters. The van der Waals surface area contributed by atoms with Crippen LogP contribution in [-0.2, 0) is 6.42 Å². The molecule has 0 unspecified atom stereocenters. The SMILES string of the molecule is C[C@H]1CCCN(c2cc(C(=O)N[C@H](Cc3ccccc3)c3ccccc3)c3ccccc3n2)C1. The molecule has 1 aliphatic heterocycles. The molecule has 0 saturated carbocycles. The molecule has 1 saturated heterocycles. The van der Waals surface area contributed by atoms with Gasteiger partial charge in [-0.25, -0.2) is 4.98 Å². The predicted molar refractivity (Wildman–Crippen MR) is 139 cm³/mol. The minimum absolute atomic E-state index is 0.0605. The molecule has 5 rings (SSSR count). The van der Waals surface area contributed by atoms with Crippen molar-refractivity contribution in [3.63, 3.8) is 0 Å². The monoisotopic (exact) mass is 449 g/mol. The molecule has 0 bridgehead atoms. The van der Waals surface area contributed by atoms with Crippen LogP contribution in [0.1, 0.15) is 47.3 Å². The van der Waals surface area contributed by atoms with E-state index in [1.54, 1.807) is 0 Å². The van der Waals surface area contributed by atoms with Crippen LogP contribution in [0.25, 0.3) is 10.9 Å². The lowest BCUT2D eigenvalue weighted by Gasteiger charge is -2.32. The van der Waals surface area contributed by atoms with Gasteiger partial charge in [-0.1, -0.05) is 85.8 Å². The summed E-state index contributed by atoms with van der Waals surface area (Å²) >= 11 is 0. The van der Waals surface area contributed by atoms with Crippen LogP contribution in [0.4, 0.5) is 5.82 Å². The number of hydrogen-bond acceptors (Lipinski definition) is 3. The number of pyridine rings is 1. The van der Waals surface area contributed by atoms with Crippen LogP contribution in [0.2, 0.25) is 0 Å². The Hall–Kier alpha value is -3.66. The minimum atomic E-state index is -0.124. The van der Waals surface area contributed by atoms with Crippen molar-refractivity contribution in [2.75, 3.05) is 18.0 Å². The number of carbonyl (C=O) groups excluding carboxylic acids is 1. The summed E-state index contributed by atoms with van der Waals surface area (Å²) in [7, 11) is 0. The number of aromatic nitrogens is 1. The van der Waals surface area contributed by atoms with Gasteiger partial charge in [-0.3, -0.25) is 4.79 Å². The van der Waals surface area contributed by atoms with E-state index in [1.807, 2.05) is 66.7 Å². The van der Waals surface area contributed by atoms with Crippen LogP contribution in [0.3, 0.4) is 0 Å². The first-order valence-electron chi connectivity index (χ1n) is 12.2. The standard InChI is InChI=1S/C30H31N3O/c1-22-11-10-18-33(21-22)29-20-26(25-16-8-9-17-27(25)31-29)30(34)32-28(24-14-6-3-7-15-24)19-23-12-4-2-5-13-23/h2-9,12-17,20,22,28H,10-11,18-19,21H2,1H3,(H,32,34)/t22-,28+/m0/s1. The number of piperidine rings is 1. The van der Waals surface area contributed by atoms with Gasteiger partial charge in [0.15, 0.2) is 0 Å². The number of fused-ring (bicyclic) bond motifs is 1. The molecule has 0 aliphatic carbocycles. The molecule has 1 fully saturated rings. The number of benzene rings is 3. The van der Waals surface area contributed by atoms with E-state index in [4.69, 9.17) is 4.98 Å². The Balaban J connectivity index is 1.49. The van der Waals surface area contributed by atoms with Crippen LogP contribution in [0.15, 0.2) is 91.0 Å². The quantitative estimate of drug-likeness (QED) is 0.382. The Kier molecular flexibility index (Phi) is 6.57. The molecule has 1 aliphatic rings. The lowest BCUT2D eigenvalue weighted by atomic mass is 9.97. The molecule has 0 radical (unpaired) electrons. The van der Waals surface area contributed by atoms with Crippen molar-refractivity contribution >= 4 is 22.6 Å². The van der Waals surface area contributed by atoms with Crippen LogP contribution >= 0.6 is 0 Å². The Bertz CT molecular complexity index is 1260. The first-order valence-corrected chi connectivity index (χ1v) is 12.2. The molecule has 2 heterocycles. The Morgan fingerprint density at radius 3 is 2.47 bits per heavy atom. The fourth-order valence-electron chi connectivity index (χ4n) is 4.93. The zero-order valence-corrected chi connectivity index (χ0v) is 19.7. The number of amides is 1. The van der Waals surface area contributed by atoms with E-state index in [9.17, 15) is 4.79 Å². The molecule has 1 amide bonds. The number of nitrogens with one attached hydrogen (secondary N) is 1. The molecule has 4 nitrogen and oxygen atoms in total. The molecule has 3 aromatic carbocycles. The lowest BCUT2D eigenvalue weighted by molar-refractivity contribution is 0.0938. The fourth-order valence-corrected chi connectivity index (χ4v) is 4.93. The topological polar surface area (TPSA) is 45.2 Å². The van der Waals surface area contributed by atoms with E-state index in [2.05, 4.69) is 41.4 Å². The number of anilines is 1. The minimum Gasteiger partial charge on any atom is -0.356 e. The third-order valence-corrected chi connectivity index (χ3v) is 6.72. The number of nitrogens with zero attached hydrogens (tertiary/aromatic N) is 2. The normalized spacial score (nSPS) is 16.9. The first-order chi connectivity index (χ1) is 16.7. The summed E-state index contributed by atoms with van der Waals surface area (Å²) in [5.74, 6) is 1.47. The number of hydrogen-bond donors (Lipinski definition) is 1. The van der Waals surface area contributed by atoms with Crippen LogP contribution in [-0.4, -0.2) is 24.0 Å². The maximum Gasteiger partial charge on any atom is 0.252 e. The lowest BCUT2D eigenvalue weighted by Crippen LogP contribution is -2.35. The first kappa shape index (κ1) is 22.1. The third-order valence-electron chi connectivity index (χ3n) is 6.72. The number of carbonyl (C=O) groups is 1. The van der Waals surface area contributed by atoms with Gasteiger partial charge in [0.25, 0.3) is 5.91 Å². The molecule has 172 valence electrons. The summed E-state index contributed by atoms with van der Waals surface area (Å²) < 4.78 is 0. The molecule has 0 spiro atoms. The summed E-state index contributed by atoms with van der Waals surface area (Å²) in [6.07, 6.45) is 3.14. The predicted octanol–water partition coefficient (Wildman–Crippen LogP) is 6.18. The van der Waals surface area contributed by atoms with Crippen LogP contribution in [0, 0.1) is 5.92 Å². The second-order valence-electron chi connectivity index (χ2n) is 9.37. The summed E-state index contributed by atoms with van der Waals surface area (Å²) in [6.45, 7) is 4.25. The highest BCUT2D eigenvalue weighted by Crippen LogP contribution is 2.28. The van der Waals surface area contributed by atoms with Crippen molar-refractivity contribution in [3.05, 3.63) is 108 Å². The van der Waals surface area contributed by atoms with Gasteiger partial charge in [-0.05, 0) is 48.4 Å². The van der Waals surface area contributed by atoms with E-state index < -0.39 is 0 Å². The van der Waals surface area contributed by atoms with Gasteiger partial charge in [0.2, 0.25) is 0 Å². The Morgan fingerprint density at radius 2 is 1.71 bits per heavy atom. The van der Waals surface area contributed by atoms with E-state index in [-0.39, 0.29) is 11.9 Å². The van der Waals surface area contributed by atoms with Gasteiger partial charge in [0.1, 0.15) is 5.82 Å². The van der Waals surface area contributed by atoms with Gasteiger partial charge in [0.05, 0.1) is 17.1 Å². The second kappa shape index (κ2) is 10.1. The average molecular weight is 450 g/mol. The number of para-hydroxylation sites is 1. The average Bonchev–Trinajstić information content (AvgIpc) is 2.88. The Labute approximate surface area is 201 Å². The van der Waals surface area contributed by atoms with Crippen molar-refractivity contribution in [3.8, 4) is 0 Å². The van der Waals surface area contributed by atoms with Gasteiger partial charge < -0.3 is 10.2 Å². The maximum absolute atomic E-state index is 13.8. The summed E-state index contributed by atoms with van der Waals surface area (Å²) in [4.78, 5) is 21.0. The number of rotatable bonds is 6. The Morgan fingerprint density at radius 1 is 1.00 bits per heavy atom. The largest absolute Gasteiger partial charge is 0.356 e. The van der Waals surface area contributed by atoms with E-state index in [0.29, 0.717) is 11.5 Å². The van der Waals surface area contributed by atoms with Gasteiger partial charge in [-0.15, -0.1) is 0 Å². The van der Waals surface area contributed by atoms with Crippen molar-refractivity contribution in [1.82, 2.24) is 10.3 Å². The molecular weight excluding hydrogens is 418 g/mol.